The lowest BCUT2D eigenvalue weighted by Crippen LogP contribution is -2.41. The lowest BCUT2D eigenvalue weighted by atomic mass is 9.96. The number of ether oxygens (including phenoxy) is 1. The summed E-state index contributed by atoms with van der Waals surface area (Å²) in [5.41, 5.74) is 0. The largest absolute Gasteiger partial charge is 0.396 e. The average molecular weight is 343 g/mol. The van der Waals surface area contributed by atoms with Gasteiger partial charge in [0.2, 0.25) is 5.91 Å². The molecular weight excluding hydrogens is 320 g/mol. The normalized spacial score (nSPS) is 25.9. The number of amides is 1. The van der Waals surface area contributed by atoms with Gasteiger partial charge in [-0.25, -0.2) is 0 Å². The minimum atomic E-state index is 0.0210. The Bertz CT molecular complexity index is 533. The van der Waals surface area contributed by atoms with E-state index in [1.165, 1.54) is 6.20 Å². The Labute approximate surface area is 140 Å². The van der Waals surface area contributed by atoms with E-state index in [-0.39, 0.29) is 25.0 Å². The Morgan fingerprint density at radius 3 is 2.74 bits per heavy atom. The highest BCUT2D eigenvalue weighted by atomic mass is 35.5. The van der Waals surface area contributed by atoms with Gasteiger partial charge in [-0.3, -0.25) is 14.4 Å². The monoisotopic (exact) mass is 342 g/mol. The summed E-state index contributed by atoms with van der Waals surface area (Å²) in [7, 11) is 0. The van der Waals surface area contributed by atoms with E-state index in [0.717, 1.165) is 32.8 Å². The molecule has 1 amide bonds. The van der Waals surface area contributed by atoms with Crippen LogP contribution in [0.5, 0.6) is 0 Å². The van der Waals surface area contributed by atoms with Gasteiger partial charge in [0.1, 0.15) is 6.54 Å². The fourth-order valence-corrected chi connectivity index (χ4v) is 3.49. The summed E-state index contributed by atoms with van der Waals surface area (Å²) in [4.78, 5) is 16.6. The number of carbonyl (C=O) groups excluding carboxylic acids is 1. The molecule has 128 valence electrons. The number of likely N-dealkylation sites (tertiary alicyclic amines) is 1. The minimum absolute atomic E-state index is 0.0210. The van der Waals surface area contributed by atoms with Crippen molar-refractivity contribution < 1.29 is 14.6 Å². The summed E-state index contributed by atoms with van der Waals surface area (Å²) in [6, 6.07) is 0. The van der Waals surface area contributed by atoms with Crippen molar-refractivity contribution in [2.24, 2.45) is 11.8 Å². The number of hydrogen-bond acceptors (Lipinski definition) is 5. The molecule has 2 aliphatic heterocycles. The molecule has 1 aromatic heterocycles. The highest BCUT2D eigenvalue weighted by Gasteiger charge is 2.35. The third-order valence-electron chi connectivity index (χ3n) is 4.66. The summed E-state index contributed by atoms with van der Waals surface area (Å²) >= 11 is 5.82. The number of nitrogens with zero attached hydrogens (tertiary/aromatic N) is 4. The van der Waals surface area contributed by atoms with Crippen LogP contribution in [0.25, 0.3) is 0 Å². The van der Waals surface area contributed by atoms with Crippen molar-refractivity contribution in [2.45, 2.75) is 6.54 Å². The molecule has 2 atom stereocenters. The Morgan fingerprint density at radius 2 is 2.09 bits per heavy atom. The maximum Gasteiger partial charge on any atom is 0.244 e. The van der Waals surface area contributed by atoms with Crippen molar-refractivity contribution in [3.63, 3.8) is 0 Å². The summed E-state index contributed by atoms with van der Waals surface area (Å²) in [5, 5.41) is 14.2. The molecule has 23 heavy (non-hydrogen) atoms. The first kappa shape index (κ1) is 16.7. The Hall–Kier alpha value is -1.15. The molecule has 0 bridgehead atoms. The van der Waals surface area contributed by atoms with Crippen LogP contribution >= 0.6 is 11.6 Å². The molecule has 8 heteroatoms. The number of carbonyl (C=O) groups is 1. The fourth-order valence-electron chi connectivity index (χ4n) is 3.33. The molecule has 0 aromatic carbocycles. The Kier molecular flexibility index (Phi) is 5.53. The van der Waals surface area contributed by atoms with Gasteiger partial charge < -0.3 is 14.7 Å². The van der Waals surface area contributed by atoms with Crippen LogP contribution < -0.4 is 0 Å². The quantitative estimate of drug-likeness (QED) is 0.811. The van der Waals surface area contributed by atoms with Gasteiger partial charge in [-0.05, 0) is 5.92 Å². The zero-order valence-corrected chi connectivity index (χ0v) is 13.9. The van der Waals surface area contributed by atoms with Gasteiger partial charge in [0.15, 0.2) is 0 Å². The van der Waals surface area contributed by atoms with Crippen molar-refractivity contribution >= 4 is 17.5 Å². The number of aliphatic hydroxyl groups is 1. The molecule has 1 N–H and O–H groups in total. The van der Waals surface area contributed by atoms with Crippen LogP contribution in [-0.2, 0) is 16.1 Å². The molecule has 0 saturated carbocycles. The van der Waals surface area contributed by atoms with Gasteiger partial charge in [-0.2, -0.15) is 5.10 Å². The van der Waals surface area contributed by atoms with Gasteiger partial charge in [0, 0.05) is 51.4 Å². The van der Waals surface area contributed by atoms with Gasteiger partial charge in [-0.1, -0.05) is 11.6 Å². The van der Waals surface area contributed by atoms with Crippen LogP contribution in [0.2, 0.25) is 5.02 Å². The molecule has 7 nitrogen and oxygen atoms in total. The maximum absolute atomic E-state index is 12.4. The number of hydrogen-bond donors (Lipinski definition) is 1. The third-order valence-corrected chi connectivity index (χ3v) is 4.85. The zero-order valence-electron chi connectivity index (χ0n) is 13.1. The highest BCUT2D eigenvalue weighted by Crippen LogP contribution is 2.25. The first-order valence-electron chi connectivity index (χ1n) is 8.02. The van der Waals surface area contributed by atoms with E-state index in [9.17, 15) is 9.90 Å². The molecule has 3 rings (SSSR count). The summed E-state index contributed by atoms with van der Waals surface area (Å²) < 4.78 is 6.92. The molecule has 0 radical (unpaired) electrons. The van der Waals surface area contributed by atoms with Crippen molar-refractivity contribution in [1.82, 2.24) is 19.6 Å². The van der Waals surface area contributed by atoms with Crippen molar-refractivity contribution in [3.8, 4) is 0 Å². The van der Waals surface area contributed by atoms with Crippen LogP contribution in [-0.4, -0.2) is 83.1 Å². The molecular formula is C15H23ClN4O3. The number of morpholine rings is 1. The second kappa shape index (κ2) is 7.61. The first-order chi connectivity index (χ1) is 11.2. The van der Waals surface area contributed by atoms with E-state index in [1.54, 1.807) is 10.9 Å². The van der Waals surface area contributed by atoms with E-state index in [0.29, 0.717) is 24.0 Å². The highest BCUT2D eigenvalue weighted by molar-refractivity contribution is 6.30. The SMILES string of the molecule is O=C(Cn1cc(Cl)cn1)N1C[C@@H](CO)[C@@H](CN2CCOCC2)C1. The molecule has 3 heterocycles. The predicted octanol–water partition coefficient (Wildman–Crippen LogP) is -0.0644. The van der Waals surface area contributed by atoms with E-state index in [2.05, 4.69) is 10.00 Å². The van der Waals surface area contributed by atoms with Crippen LogP contribution in [0.4, 0.5) is 0 Å². The van der Waals surface area contributed by atoms with Gasteiger partial charge in [0.25, 0.3) is 0 Å². The van der Waals surface area contributed by atoms with Crippen molar-refractivity contribution in [3.05, 3.63) is 17.4 Å². The van der Waals surface area contributed by atoms with Gasteiger partial charge >= 0.3 is 0 Å². The maximum atomic E-state index is 12.4. The van der Waals surface area contributed by atoms with Crippen LogP contribution in [0.15, 0.2) is 12.4 Å². The first-order valence-corrected chi connectivity index (χ1v) is 8.40. The summed E-state index contributed by atoms with van der Waals surface area (Å²) in [6.07, 6.45) is 3.17. The van der Waals surface area contributed by atoms with E-state index >= 15 is 0 Å². The second-order valence-electron chi connectivity index (χ2n) is 6.27. The van der Waals surface area contributed by atoms with Crippen molar-refractivity contribution in [1.29, 1.82) is 0 Å². The zero-order chi connectivity index (χ0) is 16.2. The van der Waals surface area contributed by atoms with E-state index < -0.39 is 0 Å². The predicted molar refractivity (Wildman–Crippen MR) is 85.1 cm³/mol. The molecule has 0 unspecified atom stereocenters. The lowest BCUT2D eigenvalue weighted by molar-refractivity contribution is -0.131. The third kappa shape index (κ3) is 4.23. The summed E-state index contributed by atoms with van der Waals surface area (Å²) in [5.74, 6) is 0.471. The number of halogens is 1. The number of aromatic nitrogens is 2. The molecule has 2 aliphatic rings. The summed E-state index contributed by atoms with van der Waals surface area (Å²) in [6.45, 7) is 5.89. The Balaban J connectivity index is 1.55. The Morgan fingerprint density at radius 1 is 1.35 bits per heavy atom. The van der Waals surface area contributed by atoms with Gasteiger partial charge in [-0.15, -0.1) is 0 Å². The van der Waals surface area contributed by atoms with E-state index in [1.807, 2.05) is 4.90 Å². The minimum Gasteiger partial charge on any atom is -0.396 e. The topological polar surface area (TPSA) is 70.8 Å². The average Bonchev–Trinajstić information content (AvgIpc) is 3.14. The molecule has 1 aromatic rings. The van der Waals surface area contributed by atoms with Crippen LogP contribution in [0, 0.1) is 11.8 Å². The lowest BCUT2D eigenvalue weighted by Gasteiger charge is -2.30. The van der Waals surface area contributed by atoms with E-state index in [4.69, 9.17) is 16.3 Å². The van der Waals surface area contributed by atoms with Crippen molar-refractivity contribution in [2.75, 3.05) is 52.5 Å². The molecule has 2 saturated heterocycles. The van der Waals surface area contributed by atoms with Gasteiger partial charge in [0.05, 0.1) is 24.4 Å². The standard InChI is InChI=1S/C15H23ClN4O3/c16-14-5-17-20(9-14)10-15(22)19-7-12(13(8-19)11-21)6-18-1-3-23-4-2-18/h5,9,12-13,21H,1-4,6-8,10-11H2/t12-,13-/m0/s1. The second-order valence-corrected chi connectivity index (χ2v) is 6.71. The molecule has 0 aliphatic carbocycles. The fraction of sp³-hybridized carbons (Fsp3) is 0.733. The molecule has 2 fully saturated rings. The smallest absolute Gasteiger partial charge is 0.244 e. The molecule has 0 spiro atoms. The number of aliphatic hydroxyl groups excluding tert-OH is 1. The number of rotatable bonds is 5. The van der Waals surface area contributed by atoms with Crippen LogP contribution in [0.1, 0.15) is 0 Å². The van der Waals surface area contributed by atoms with Crippen LogP contribution in [0.3, 0.4) is 0 Å².